The van der Waals surface area contributed by atoms with E-state index in [1.54, 1.807) is 0 Å². The van der Waals surface area contributed by atoms with E-state index in [1.165, 1.54) is 110 Å². The number of fused-ring (bicyclic) bond motifs is 4. The van der Waals surface area contributed by atoms with Crippen molar-refractivity contribution in [2.45, 2.75) is 0 Å². The summed E-state index contributed by atoms with van der Waals surface area (Å²) < 4.78 is 0. The first-order chi connectivity index (χ1) is 23.9. The molecule has 218 valence electrons. The first-order valence-electron chi connectivity index (χ1n) is 16.9. The van der Waals surface area contributed by atoms with Crippen molar-refractivity contribution in [3.05, 3.63) is 158 Å². The Morgan fingerprint density at radius 2 is 0.833 bits per heavy atom. The Labute approximate surface area is 278 Å². The number of benzene rings is 9. The van der Waals surface area contributed by atoms with Crippen LogP contribution in [-0.4, -0.2) is 6.71 Å². The van der Waals surface area contributed by atoms with Gasteiger partial charge in [-0.05, 0) is 65.5 Å². The molecule has 0 unspecified atom stereocenters. The van der Waals surface area contributed by atoms with E-state index in [2.05, 4.69) is 163 Å². The minimum Gasteiger partial charge on any atom is -0.309 e. The molecule has 1 nitrogen and oxygen atoms in total. The van der Waals surface area contributed by atoms with Crippen LogP contribution in [-0.2, 0) is 0 Å². The molecule has 3 aliphatic rings. The maximum atomic E-state index is 2.65. The molecular weight excluding hydrogens is 577 g/mol. The van der Waals surface area contributed by atoms with Gasteiger partial charge in [-0.1, -0.05) is 163 Å². The summed E-state index contributed by atoms with van der Waals surface area (Å²) in [4.78, 5) is 2.65. The minimum absolute atomic E-state index is 0.0487. The predicted octanol–water partition coefficient (Wildman–Crippen LogP) is 10.2. The standard InChI is InChI=1S/C46H26BN/c1-2-11-27(12-3-1)40-30-15-4-6-17-34(30)43(35-18-7-5-16-31(35)40)47-38-25-23-28-13-8-19-32-36-21-10-22-37-33-20-9-14-29-24-26-39(47)46(42(29)33)48(44(36)37)45(38)41(28)32/h1-26H. The van der Waals surface area contributed by atoms with Crippen LogP contribution in [0.5, 0.6) is 0 Å². The molecule has 0 aromatic heterocycles. The van der Waals surface area contributed by atoms with Crippen molar-refractivity contribution in [1.29, 1.82) is 0 Å². The zero-order valence-corrected chi connectivity index (χ0v) is 26.0. The van der Waals surface area contributed by atoms with Crippen molar-refractivity contribution in [3.8, 4) is 33.4 Å². The van der Waals surface area contributed by atoms with E-state index in [-0.39, 0.29) is 6.71 Å². The molecule has 0 aliphatic carbocycles. The lowest BCUT2D eigenvalue weighted by atomic mass is 9.33. The molecule has 0 N–H and O–H groups in total. The number of rotatable bonds is 2. The molecule has 48 heavy (non-hydrogen) atoms. The second-order valence-electron chi connectivity index (χ2n) is 13.5. The van der Waals surface area contributed by atoms with Gasteiger partial charge in [0.05, 0.1) is 5.69 Å². The monoisotopic (exact) mass is 603 g/mol. The van der Waals surface area contributed by atoms with Crippen molar-refractivity contribution >= 4 is 83.3 Å². The Kier molecular flexibility index (Phi) is 4.60. The summed E-state index contributed by atoms with van der Waals surface area (Å²) in [5.41, 5.74) is 16.1. The van der Waals surface area contributed by atoms with Crippen LogP contribution in [0.3, 0.4) is 0 Å². The van der Waals surface area contributed by atoms with Crippen LogP contribution in [0.2, 0.25) is 0 Å². The Hall–Kier alpha value is -6.12. The van der Waals surface area contributed by atoms with Gasteiger partial charge in [-0.15, -0.1) is 0 Å². The van der Waals surface area contributed by atoms with Gasteiger partial charge in [0.2, 0.25) is 6.71 Å². The van der Waals surface area contributed by atoms with Gasteiger partial charge >= 0.3 is 0 Å². The molecule has 0 saturated heterocycles. The van der Waals surface area contributed by atoms with Crippen LogP contribution in [0, 0.1) is 0 Å². The molecule has 0 bridgehead atoms. The SMILES string of the molecule is c1ccc(-c2c3ccccc3c(B3c4ccc5cccc6c5c4N4c5c-6cccc5-c5cccc6ccc3c4c56)c3ccccc23)cc1. The normalized spacial score (nSPS) is 13.3. The number of para-hydroxylation sites is 1. The lowest BCUT2D eigenvalue weighted by Gasteiger charge is -2.45. The Bertz CT molecular complexity index is 2730. The zero-order chi connectivity index (χ0) is 31.1. The largest absolute Gasteiger partial charge is 0.309 e. The van der Waals surface area contributed by atoms with E-state index >= 15 is 0 Å². The van der Waals surface area contributed by atoms with E-state index < -0.39 is 0 Å². The molecule has 0 fully saturated rings. The highest BCUT2D eigenvalue weighted by Gasteiger charge is 2.44. The summed E-state index contributed by atoms with van der Waals surface area (Å²) in [6.07, 6.45) is 0. The molecule has 3 aliphatic heterocycles. The zero-order valence-electron chi connectivity index (χ0n) is 26.0. The molecule has 0 saturated carbocycles. The first kappa shape index (κ1) is 25.0. The smallest absolute Gasteiger partial charge is 0.248 e. The van der Waals surface area contributed by atoms with Crippen LogP contribution >= 0.6 is 0 Å². The highest BCUT2D eigenvalue weighted by atomic mass is 15.2. The molecule has 9 aromatic carbocycles. The van der Waals surface area contributed by atoms with Crippen molar-refractivity contribution in [2.75, 3.05) is 4.90 Å². The fourth-order valence-corrected chi connectivity index (χ4v) is 9.57. The number of hydrogen-bond donors (Lipinski definition) is 0. The van der Waals surface area contributed by atoms with E-state index in [4.69, 9.17) is 0 Å². The van der Waals surface area contributed by atoms with E-state index in [9.17, 15) is 0 Å². The Morgan fingerprint density at radius 3 is 1.40 bits per heavy atom. The fraction of sp³-hybridized carbons (Fsp3) is 0. The lowest BCUT2D eigenvalue weighted by Crippen LogP contribution is -2.58. The van der Waals surface area contributed by atoms with Gasteiger partial charge in [-0.25, -0.2) is 0 Å². The number of nitrogens with zero attached hydrogens (tertiary/aromatic N) is 1. The summed E-state index contributed by atoms with van der Waals surface area (Å²) in [5.74, 6) is 0. The van der Waals surface area contributed by atoms with Gasteiger partial charge in [0.1, 0.15) is 0 Å². The number of hydrogen-bond acceptors (Lipinski definition) is 1. The summed E-state index contributed by atoms with van der Waals surface area (Å²) in [5, 5.41) is 10.6. The average molecular weight is 604 g/mol. The van der Waals surface area contributed by atoms with E-state index in [0.29, 0.717) is 0 Å². The third kappa shape index (κ3) is 2.91. The highest BCUT2D eigenvalue weighted by Crippen LogP contribution is 2.59. The Morgan fingerprint density at radius 1 is 0.354 bits per heavy atom. The summed E-state index contributed by atoms with van der Waals surface area (Å²) >= 11 is 0. The third-order valence-electron chi connectivity index (χ3n) is 11.3. The second kappa shape index (κ2) is 8.82. The van der Waals surface area contributed by atoms with Gasteiger partial charge in [0, 0.05) is 33.3 Å². The van der Waals surface area contributed by atoms with Crippen molar-refractivity contribution in [3.63, 3.8) is 0 Å². The predicted molar refractivity (Wildman–Crippen MR) is 206 cm³/mol. The molecule has 0 spiro atoms. The second-order valence-corrected chi connectivity index (χ2v) is 13.5. The van der Waals surface area contributed by atoms with Crippen molar-refractivity contribution < 1.29 is 0 Å². The summed E-state index contributed by atoms with van der Waals surface area (Å²) in [6.45, 7) is 0.0487. The first-order valence-corrected chi connectivity index (χ1v) is 16.9. The third-order valence-corrected chi connectivity index (χ3v) is 11.3. The van der Waals surface area contributed by atoms with Gasteiger partial charge in [0.15, 0.2) is 0 Å². The molecule has 2 heteroatoms. The van der Waals surface area contributed by atoms with Crippen molar-refractivity contribution in [2.24, 2.45) is 0 Å². The summed E-state index contributed by atoms with van der Waals surface area (Å²) in [6, 6.07) is 59.3. The van der Waals surface area contributed by atoms with Crippen LogP contribution in [0.25, 0.3) is 76.5 Å². The quantitative estimate of drug-likeness (QED) is 0.140. The lowest BCUT2D eigenvalue weighted by molar-refractivity contribution is 1.29. The molecular formula is C46H26BN. The molecule has 0 atom stereocenters. The topological polar surface area (TPSA) is 3.24 Å². The van der Waals surface area contributed by atoms with E-state index in [1.807, 2.05) is 0 Å². The average Bonchev–Trinajstić information content (AvgIpc) is 3.15. The minimum atomic E-state index is 0.0487. The molecule has 9 aromatic rings. The molecule has 3 heterocycles. The molecule has 0 amide bonds. The number of anilines is 3. The van der Waals surface area contributed by atoms with Crippen molar-refractivity contribution in [1.82, 2.24) is 0 Å². The Balaban J connectivity index is 1.31. The van der Waals surface area contributed by atoms with Crippen LogP contribution in [0.4, 0.5) is 17.1 Å². The van der Waals surface area contributed by atoms with Gasteiger partial charge in [-0.3, -0.25) is 0 Å². The van der Waals surface area contributed by atoms with Crippen LogP contribution < -0.4 is 21.3 Å². The molecule has 12 rings (SSSR count). The maximum Gasteiger partial charge on any atom is 0.248 e. The fourth-order valence-electron chi connectivity index (χ4n) is 9.57. The van der Waals surface area contributed by atoms with E-state index in [0.717, 1.165) is 0 Å². The maximum absolute atomic E-state index is 2.65. The summed E-state index contributed by atoms with van der Waals surface area (Å²) in [7, 11) is 0. The van der Waals surface area contributed by atoms with Crippen LogP contribution in [0.15, 0.2) is 158 Å². The van der Waals surface area contributed by atoms with Crippen LogP contribution in [0.1, 0.15) is 0 Å². The van der Waals surface area contributed by atoms with Gasteiger partial charge < -0.3 is 4.90 Å². The van der Waals surface area contributed by atoms with Gasteiger partial charge in [0.25, 0.3) is 0 Å². The van der Waals surface area contributed by atoms with Gasteiger partial charge in [-0.2, -0.15) is 0 Å². The molecule has 0 radical (unpaired) electrons. The highest BCUT2D eigenvalue weighted by molar-refractivity contribution is 7.01.